The van der Waals surface area contributed by atoms with Gasteiger partial charge in [0.05, 0.1) is 0 Å². The standard InChI is InChI=1S/C15H22O2.C8H8O/c1-9(2)14(16)17-15(3)12-5-10-4-11(7-12)8-13(15)6-10;1-2-7-3-5-8(9)6-4-7/h10-13H,1,4-8H2,2-3H3;2-6,9H,1H2. The van der Waals surface area contributed by atoms with Gasteiger partial charge in [0.1, 0.15) is 11.4 Å². The Balaban J connectivity index is 0.000000185. The summed E-state index contributed by atoms with van der Waals surface area (Å²) in [5.41, 5.74) is 1.34. The van der Waals surface area contributed by atoms with Crippen molar-refractivity contribution >= 4 is 12.0 Å². The Morgan fingerprint density at radius 1 is 1.12 bits per heavy atom. The summed E-state index contributed by atoms with van der Waals surface area (Å²) in [7, 11) is 0. The topological polar surface area (TPSA) is 46.5 Å². The van der Waals surface area contributed by atoms with Gasteiger partial charge in [-0.3, -0.25) is 0 Å². The Kier molecular flexibility index (Phi) is 5.27. The molecule has 0 saturated heterocycles. The van der Waals surface area contributed by atoms with Crippen molar-refractivity contribution in [1.29, 1.82) is 0 Å². The molecule has 3 nitrogen and oxygen atoms in total. The van der Waals surface area contributed by atoms with E-state index in [2.05, 4.69) is 20.1 Å². The van der Waals surface area contributed by atoms with Crippen LogP contribution in [-0.4, -0.2) is 16.7 Å². The molecule has 0 heterocycles. The highest BCUT2D eigenvalue weighted by Gasteiger charge is 2.57. The third-order valence-electron chi connectivity index (χ3n) is 6.55. The van der Waals surface area contributed by atoms with E-state index in [1.807, 2.05) is 12.1 Å². The predicted molar refractivity (Wildman–Crippen MR) is 105 cm³/mol. The molecule has 4 saturated carbocycles. The summed E-state index contributed by atoms with van der Waals surface area (Å²) in [6.07, 6.45) is 8.25. The van der Waals surface area contributed by atoms with E-state index in [1.54, 1.807) is 25.1 Å². The number of phenols is 1. The summed E-state index contributed by atoms with van der Waals surface area (Å²) in [6.45, 7) is 11.2. The smallest absolute Gasteiger partial charge is 0.333 e. The van der Waals surface area contributed by atoms with E-state index in [4.69, 9.17) is 9.84 Å². The highest BCUT2D eigenvalue weighted by molar-refractivity contribution is 5.87. The second-order valence-electron chi connectivity index (χ2n) is 8.45. The third-order valence-corrected chi connectivity index (χ3v) is 6.55. The Hall–Kier alpha value is -2.03. The lowest BCUT2D eigenvalue weighted by Crippen LogP contribution is -2.58. The minimum atomic E-state index is -0.205. The minimum Gasteiger partial charge on any atom is -0.508 e. The largest absolute Gasteiger partial charge is 0.508 e. The van der Waals surface area contributed by atoms with E-state index in [-0.39, 0.29) is 11.6 Å². The Morgan fingerprint density at radius 3 is 2.04 bits per heavy atom. The average Bonchev–Trinajstić information content (AvgIpc) is 2.60. The molecule has 3 heteroatoms. The maximum absolute atomic E-state index is 11.8. The zero-order valence-corrected chi connectivity index (χ0v) is 15.9. The zero-order chi connectivity index (χ0) is 18.9. The van der Waals surface area contributed by atoms with Gasteiger partial charge < -0.3 is 9.84 Å². The monoisotopic (exact) mass is 354 g/mol. The Morgan fingerprint density at radius 2 is 1.62 bits per heavy atom. The molecule has 0 aromatic heterocycles. The van der Waals surface area contributed by atoms with Crippen LogP contribution in [0.15, 0.2) is 43.0 Å². The molecule has 0 spiro atoms. The molecule has 5 rings (SSSR count). The van der Waals surface area contributed by atoms with Crippen LogP contribution in [-0.2, 0) is 9.53 Å². The van der Waals surface area contributed by atoms with Crippen molar-refractivity contribution in [3.8, 4) is 5.75 Å². The molecule has 26 heavy (non-hydrogen) atoms. The number of benzene rings is 1. The van der Waals surface area contributed by atoms with Crippen molar-refractivity contribution in [2.75, 3.05) is 0 Å². The first-order valence-electron chi connectivity index (χ1n) is 9.62. The lowest BCUT2D eigenvalue weighted by Gasteiger charge is -2.59. The number of hydrogen-bond donors (Lipinski definition) is 1. The maximum Gasteiger partial charge on any atom is 0.333 e. The maximum atomic E-state index is 11.8. The first-order chi connectivity index (χ1) is 12.3. The van der Waals surface area contributed by atoms with Gasteiger partial charge in [-0.25, -0.2) is 4.79 Å². The molecule has 0 unspecified atom stereocenters. The van der Waals surface area contributed by atoms with Gasteiger partial charge in [-0.2, -0.15) is 0 Å². The summed E-state index contributed by atoms with van der Waals surface area (Å²) in [4.78, 5) is 11.8. The number of rotatable bonds is 3. The van der Waals surface area contributed by atoms with E-state index in [0.29, 0.717) is 23.2 Å². The summed E-state index contributed by atoms with van der Waals surface area (Å²) >= 11 is 0. The lowest BCUT2D eigenvalue weighted by molar-refractivity contribution is -0.199. The van der Waals surface area contributed by atoms with E-state index >= 15 is 0 Å². The Bertz CT molecular complexity index is 658. The molecule has 4 fully saturated rings. The molecule has 0 aliphatic heterocycles. The molecule has 1 aromatic rings. The molecule has 4 aliphatic carbocycles. The fraction of sp³-hybridized carbons (Fsp3) is 0.522. The van der Waals surface area contributed by atoms with Gasteiger partial charge in [-0.15, -0.1) is 0 Å². The minimum absolute atomic E-state index is 0.194. The van der Waals surface area contributed by atoms with Gasteiger partial charge in [0.15, 0.2) is 0 Å². The normalized spacial score (nSPS) is 33.8. The quantitative estimate of drug-likeness (QED) is 0.587. The van der Waals surface area contributed by atoms with Crippen molar-refractivity contribution in [3.05, 3.63) is 48.6 Å². The first-order valence-corrected chi connectivity index (χ1v) is 9.62. The fourth-order valence-electron chi connectivity index (χ4n) is 5.18. The molecule has 1 aromatic carbocycles. The number of esters is 1. The van der Waals surface area contributed by atoms with Gasteiger partial charge in [-0.1, -0.05) is 31.4 Å². The summed E-state index contributed by atoms with van der Waals surface area (Å²) < 4.78 is 5.84. The highest BCUT2D eigenvalue weighted by atomic mass is 16.6. The number of ether oxygens (including phenoxy) is 1. The van der Waals surface area contributed by atoms with Gasteiger partial charge in [-0.05, 0) is 87.3 Å². The van der Waals surface area contributed by atoms with Gasteiger partial charge in [0, 0.05) is 5.57 Å². The fourth-order valence-corrected chi connectivity index (χ4v) is 5.18. The molecule has 140 valence electrons. The number of carbonyl (C=O) groups is 1. The average molecular weight is 354 g/mol. The second kappa shape index (κ2) is 7.30. The van der Waals surface area contributed by atoms with Crippen LogP contribution < -0.4 is 0 Å². The Labute approximate surface area is 156 Å². The van der Waals surface area contributed by atoms with Crippen LogP contribution in [0.5, 0.6) is 5.75 Å². The zero-order valence-electron chi connectivity index (χ0n) is 15.9. The molecular formula is C23H30O3. The SMILES string of the molecule is C=C(C)C(=O)OC1(C)C2CC3CC(C2)CC1C3.C=Cc1ccc(O)cc1. The van der Waals surface area contributed by atoms with E-state index in [1.165, 1.54) is 32.1 Å². The van der Waals surface area contributed by atoms with Crippen LogP contribution >= 0.6 is 0 Å². The van der Waals surface area contributed by atoms with Crippen LogP contribution in [0.2, 0.25) is 0 Å². The van der Waals surface area contributed by atoms with Crippen molar-refractivity contribution in [3.63, 3.8) is 0 Å². The lowest BCUT2D eigenvalue weighted by atomic mass is 9.50. The second-order valence-corrected chi connectivity index (χ2v) is 8.45. The number of phenolic OH excluding ortho intramolecular Hbond substituents is 1. The molecule has 0 radical (unpaired) electrons. The summed E-state index contributed by atoms with van der Waals surface area (Å²) in [6, 6.07) is 6.89. The van der Waals surface area contributed by atoms with Gasteiger partial charge in [0.25, 0.3) is 0 Å². The van der Waals surface area contributed by atoms with E-state index in [0.717, 1.165) is 17.4 Å². The van der Waals surface area contributed by atoms with E-state index in [9.17, 15) is 4.79 Å². The van der Waals surface area contributed by atoms with Crippen molar-refractivity contribution in [1.82, 2.24) is 0 Å². The number of carbonyl (C=O) groups excluding carboxylic acids is 1. The number of hydrogen-bond acceptors (Lipinski definition) is 3. The molecule has 1 N–H and O–H groups in total. The molecule has 0 atom stereocenters. The van der Waals surface area contributed by atoms with Crippen LogP contribution in [0.1, 0.15) is 51.5 Å². The van der Waals surface area contributed by atoms with Crippen molar-refractivity contribution < 1.29 is 14.6 Å². The third kappa shape index (κ3) is 3.72. The number of aromatic hydroxyl groups is 1. The first kappa shape index (κ1) is 18.8. The van der Waals surface area contributed by atoms with Crippen molar-refractivity contribution in [2.45, 2.75) is 51.6 Å². The predicted octanol–water partition coefficient (Wildman–Crippen LogP) is 5.36. The summed E-state index contributed by atoms with van der Waals surface area (Å²) in [5, 5.41) is 8.82. The van der Waals surface area contributed by atoms with E-state index < -0.39 is 0 Å². The van der Waals surface area contributed by atoms with Crippen LogP contribution in [0.25, 0.3) is 6.08 Å². The van der Waals surface area contributed by atoms with Crippen molar-refractivity contribution in [2.24, 2.45) is 23.7 Å². The molecular weight excluding hydrogens is 324 g/mol. The van der Waals surface area contributed by atoms with Gasteiger partial charge >= 0.3 is 5.97 Å². The highest BCUT2D eigenvalue weighted by Crippen LogP contribution is 2.59. The van der Waals surface area contributed by atoms with Gasteiger partial charge in [0.2, 0.25) is 0 Å². The molecule has 4 aliphatic rings. The van der Waals surface area contributed by atoms with Crippen LogP contribution in [0.4, 0.5) is 0 Å². The van der Waals surface area contributed by atoms with Crippen LogP contribution in [0.3, 0.4) is 0 Å². The molecule has 4 bridgehead atoms. The van der Waals surface area contributed by atoms with Crippen LogP contribution in [0, 0.1) is 23.7 Å². The molecule has 0 amide bonds. The summed E-state index contributed by atoms with van der Waals surface area (Å²) in [5.74, 6) is 3.12.